The molecule has 0 radical (unpaired) electrons. The van der Waals surface area contributed by atoms with E-state index in [4.69, 9.17) is 11.6 Å². The Morgan fingerprint density at radius 3 is 2.34 bits per heavy atom. The molecule has 4 nitrogen and oxygen atoms in total. The molecule has 0 aliphatic rings. The molecule has 0 aliphatic carbocycles. The molecule has 0 bridgehead atoms. The Bertz CT molecular complexity index is 832. The van der Waals surface area contributed by atoms with E-state index in [-0.39, 0.29) is 41.4 Å². The van der Waals surface area contributed by atoms with E-state index in [1.165, 1.54) is 17.0 Å². The molecular weight excluding hydrogens is 391 g/mol. The second-order valence-electron chi connectivity index (χ2n) is 7.47. The molecule has 0 fully saturated rings. The second-order valence-corrected chi connectivity index (χ2v) is 7.88. The Kier molecular flexibility index (Phi) is 8.21. The summed E-state index contributed by atoms with van der Waals surface area (Å²) in [7, 11) is 0. The lowest BCUT2D eigenvalue weighted by atomic mass is 10.1. The summed E-state index contributed by atoms with van der Waals surface area (Å²) in [5, 5.41) is 3.08. The molecule has 0 heterocycles. The third-order valence-electron chi connectivity index (χ3n) is 4.68. The van der Waals surface area contributed by atoms with Crippen LogP contribution in [-0.4, -0.2) is 28.8 Å². The number of nitrogens with one attached hydrogen (secondary N) is 1. The highest BCUT2D eigenvalue weighted by molar-refractivity contribution is 6.31. The van der Waals surface area contributed by atoms with Crippen molar-refractivity contribution in [1.29, 1.82) is 0 Å². The Labute approximate surface area is 177 Å². The normalized spacial score (nSPS) is 12.0. The van der Waals surface area contributed by atoms with Gasteiger partial charge in [-0.15, -0.1) is 0 Å². The number of aryl methyl sites for hydroxylation is 1. The molecule has 0 spiro atoms. The maximum atomic E-state index is 14.2. The van der Waals surface area contributed by atoms with E-state index < -0.39 is 11.9 Å². The zero-order chi connectivity index (χ0) is 21.6. The Morgan fingerprint density at radius 2 is 1.79 bits per heavy atom. The minimum Gasteiger partial charge on any atom is -0.352 e. The first kappa shape index (κ1) is 22.9. The molecule has 2 rings (SSSR count). The van der Waals surface area contributed by atoms with E-state index >= 15 is 0 Å². The molecule has 156 valence electrons. The van der Waals surface area contributed by atoms with Crippen molar-refractivity contribution in [2.45, 2.75) is 59.2 Å². The monoisotopic (exact) mass is 418 g/mol. The fourth-order valence-electron chi connectivity index (χ4n) is 3.14. The van der Waals surface area contributed by atoms with Crippen molar-refractivity contribution in [2.24, 2.45) is 0 Å². The van der Waals surface area contributed by atoms with Crippen molar-refractivity contribution in [3.8, 4) is 0 Å². The van der Waals surface area contributed by atoms with Crippen molar-refractivity contribution in [1.82, 2.24) is 10.2 Å². The van der Waals surface area contributed by atoms with Gasteiger partial charge in [0.05, 0.1) is 6.42 Å². The first-order valence-electron chi connectivity index (χ1n) is 9.81. The van der Waals surface area contributed by atoms with Gasteiger partial charge in [0.25, 0.3) is 0 Å². The van der Waals surface area contributed by atoms with E-state index in [1.807, 2.05) is 52.0 Å². The maximum absolute atomic E-state index is 14.2. The van der Waals surface area contributed by atoms with Crippen LogP contribution in [0.25, 0.3) is 0 Å². The predicted octanol–water partition coefficient (Wildman–Crippen LogP) is 4.66. The maximum Gasteiger partial charge on any atom is 0.243 e. The van der Waals surface area contributed by atoms with Crippen LogP contribution in [0.5, 0.6) is 0 Å². The number of benzene rings is 2. The van der Waals surface area contributed by atoms with Crippen molar-refractivity contribution >= 4 is 23.4 Å². The van der Waals surface area contributed by atoms with Gasteiger partial charge in [0, 0.05) is 23.2 Å². The summed E-state index contributed by atoms with van der Waals surface area (Å²) in [5.74, 6) is -1.09. The molecule has 1 N–H and O–H groups in total. The molecule has 0 saturated heterocycles. The van der Waals surface area contributed by atoms with Crippen LogP contribution in [0.2, 0.25) is 5.02 Å². The van der Waals surface area contributed by atoms with Gasteiger partial charge in [-0.1, -0.05) is 54.4 Å². The summed E-state index contributed by atoms with van der Waals surface area (Å²) in [4.78, 5) is 27.5. The molecule has 0 aromatic heterocycles. The first-order chi connectivity index (χ1) is 13.7. The number of amides is 2. The van der Waals surface area contributed by atoms with Crippen LogP contribution in [0.4, 0.5) is 4.39 Å². The smallest absolute Gasteiger partial charge is 0.243 e. The number of nitrogens with zero attached hydrogens (tertiary/aromatic N) is 1. The summed E-state index contributed by atoms with van der Waals surface area (Å²) in [6.45, 7) is 7.84. The SMILES string of the molecule is CCC(C(=O)NC(C)C)N(Cc1ccc(C)cc1)C(=O)Cc1c(F)cccc1Cl. The van der Waals surface area contributed by atoms with Gasteiger partial charge in [-0.3, -0.25) is 9.59 Å². The Balaban J connectivity index is 2.34. The minimum atomic E-state index is -0.656. The van der Waals surface area contributed by atoms with Crippen LogP contribution in [0.15, 0.2) is 42.5 Å². The van der Waals surface area contributed by atoms with Gasteiger partial charge in [-0.25, -0.2) is 4.39 Å². The number of hydrogen-bond donors (Lipinski definition) is 1. The van der Waals surface area contributed by atoms with Crippen molar-refractivity contribution in [3.63, 3.8) is 0 Å². The number of carbonyl (C=O) groups excluding carboxylic acids is 2. The van der Waals surface area contributed by atoms with Crippen LogP contribution < -0.4 is 5.32 Å². The van der Waals surface area contributed by atoms with Crippen LogP contribution in [0, 0.1) is 12.7 Å². The number of rotatable bonds is 8. The van der Waals surface area contributed by atoms with Crippen LogP contribution in [0.3, 0.4) is 0 Å². The number of hydrogen-bond acceptors (Lipinski definition) is 2. The lowest BCUT2D eigenvalue weighted by Gasteiger charge is -2.31. The number of halogens is 2. The first-order valence-corrected chi connectivity index (χ1v) is 10.2. The quantitative estimate of drug-likeness (QED) is 0.677. The van der Waals surface area contributed by atoms with E-state index in [0.29, 0.717) is 6.42 Å². The molecule has 2 amide bonds. The molecule has 1 atom stereocenters. The van der Waals surface area contributed by atoms with E-state index in [1.54, 1.807) is 6.07 Å². The molecule has 2 aromatic carbocycles. The predicted molar refractivity (Wildman–Crippen MR) is 114 cm³/mol. The second kappa shape index (κ2) is 10.4. The summed E-state index contributed by atoms with van der Waals surface area (Å²) in [6.07, 6.45) is 0.240. The zero-order valence-electron chi connectivity index (χ0n) is 17.3. The number of carbonyl (C=O) groups is 2. The standard InChI is InChI=1S/C23H28ClFN2O2/c1-5-21(23(29)26-15(2)3)27(14-17-11-9-16(4)10-12-17)22(28)13-18-19(24)7-6-8-20(18)25/h6-12,15,21H,5,13-14H2,1-4H3,(H,26,29). The lowest BCUT2D eigenvalue weighted by molar-refractivity contribution is -0.141. The van der Waals surface area contributed by atoms with Crippen LogP contribution in [-0.2, 0) is 22.6 Å². The van der Waals surface area contributed by atoms with E-state index in [9.17, 15) is 14.0 Å². The molecule has 2 aromatic rings. The van der Waals surface area contributed by atoms with Gasteiger partial charge in [-0.2, -0.15) is 0 Å². The third kappa shape index (κ3) is 6.29. The van der Waals surface area contributed by atoms with Crippen LogP contribution in [0.1, 0.15) is 43.9 Å². The lowest BCUT2D eigenvalue weighted by Crippen LogP contribution is -2.50. The fraction of sp³-hybridized carbons (Fsp3) is 0.391. The van der Waals surface area contributed by atoms with Crippen molar-refractivity contribution in [2.75, 3.05) is 0 Å². The summed E-state index contributed by atoms with van der Waals surface area (Å²) < 4.78 is 14.2. The fourth-order valence-corrected chi connectivity index (χ4v) is 3.37. The average Bonchev–Trinajstić information content (AvgIpc) is 2.65. The van der Waals surface area contributed by atoms with Gasteiger partial charge in [0.15, 0.2) is 0 Å². The summed E-state index contributed by atoms with van der Waals surface area (Å²) in [6, 6.07) is 11.4. The largest absolute Gasteiger partial charge is 0.352 e. The Morgan fingerprint density at radius 1 is 1.14 bits per heavy atom. The van der Waals surface area contributed by atoms with Crippen molar-refractivity contribution in [3.05, 3.63) is 70.0 Å². The minimum absolute atomic E-state index is 0.0473. The van der Waals surface area contributed by atoms with Crippen molar-refractivity contribution < 1.29 is 14.0 Å². The molecule has 0 aliphatic heterocycles. The molecule has 6 heteroatoms. The highest BCUT2D eigenvalue weighted by Crippen LogP contribution is 2.22. The zero-order valence-corrected chi connectivity index (χ0v) is 18.1. The van der Waals surface area contributed by atoms with E-state index in [2.05, 4.69) is 5.32 Å². The van der Waals surface area contributed by atoms with Gasteiger partial charge in [0.2, 0.25) is 11.8 Å². The molecular formula is C23H28ClFN2O2. The van der Waals surface area contributed by atoms with Crippen LogP contribution >= 0.6 is 11.6 Å². The molecule has 29 heavy (non-hydrogen) atoms. The average molecular weight is 419 g/mol. The molecule has 0 saturated carbocycles. The topological polar surface area (TPSA) is 49.4 Å². The van der Waals surface area contributed by atoms with Gasteiger partial charge >= 0.3 is 0 Å². The van der Waals surface area contributed by atoms with Gasteiger partial charge < -0.3 is 10.2 Å². The Hall–Kier alpha value is -2.40. The highest BCUT2D eigenvalue weighted by atomic mass is 35.5. The van der Waals surface area contributed by atoms with Gasteiger partial charge in [-0.05, 0) is 44.9 Å². The molecule has 1 unspecified atom stereocenters. The van der Waals surface area contributed by atoms with E-state index in [0.717, 1.165) is 11.1 Å². The summed E-state index contributed by atoms with van der Waals surface area (Å²) in [5.41, 5.74) is 2.15. The summed E-state index contributed by atoms with van der Waals surface area (Å²) >= 11 is 6.11. The third-order valence-corrected chi connectivity index (χ3v) is 5.03. The highest BCUT2D eigenvalue weighted by Gasteiger charge is 2.29. The van der Waals surface area contributed by atoms with Gasteiger partial charge in [0.1, 0.15) is 11.9 Å².